The summed E-state index contributed by atoms with van der Waals surface area (Å²) in [6.45, 7) is 5.63. The van der Waals surface area contributed by atoms with Crippen molar-refractivity contribution in [1.82, 2.24) is 5.32 Å². The molecule has 1 unspecified atom stereocenters. The molecule has 0 saturated carbocycles. The van der Waals surface area contributed by atoms with Gasteiger partial charge < -0.3 is 5.32 Å². The van der Waals surface area contributed by atoms with Crippen LogP contribution in [-0.4, -0.2) is 11.4 Å². The summed E-state index contributed by atoms with van der Waals surface area (Å²) in [5.41, 5.74) is -0.325. The van der Waals surface area contributed by atoms with Gasteiger partial charge in [0.1, 0.15) is 5.54 Å². The normalized spacial score (nSPS) is 31.4. The van der Waals surface area contributed by atoms with E-state index >= 15 is 0 Å². The van der Waals surface area contributed by atoms with Crippen LogP contribution in [0.3, 0.4) is 0 Å². The van der Waals surface area contributed by atoms with Gasteiger partial charge in [-0.05, 0) is 6.42 Å². The zero-order chi connectivity index (χ0) is 6.91. The highest BCUT2D eigenvalue weighted by Gasteiger charge is 2.49. The fraction of sp³-hybridized carbons (Fsp3) is 0.571. The molecule has 1 heterocycles. The van der Waals surface area contributed by atoms with Gasteiger partial charge in [0.05, 0.1) is 0 Å². The first-order valence-electron chi connectivity index (χ1n) is 3.21. The molecule has 2 heteroatoms. The second-order valence-corrected chi connectivity index (χ2v) is 2.38. The van der Waals surface area contributed by atoms with Crippen molar-refractivity contribution in [3.8, 4) is 0 Å². The van der Waals surface area contributed by atoms with Gasteiger partial charge in [0.2, 0.25) is 0 Å². The number of hydrogen-bond donors (Lipinski definition) is 1. The molecular weight excluding hydrogens is 114 g/mol. The summed E-state index contributed by atoms with van der Waals surface area (Å²) in [6.07, 6.45) is 3.60. The minimum Gasteiger partial charge on any atom is -0.336 e. The van der Waals surface area contributed by atoms with Gasteiger partial charge in [0, 0.05) is 0 Å². The maximum atomic E-state index is 10.6. The van der Waals surface area contributed by atoms with Crippen LogP contribution in [0.15, 0.2) is 12.7 Å². The highest BCUT2D eigenvalue weighted by atomic mass is 16.2. The molecule has 1 N–H and O–H groups in total. The Morgan fingerprint density at radius 2 is 2.44 bits per heavy atom. The van der Waals surface area contributed by atoms with E-state index in [1.165, 1.54) is 0 Å². The largest absolute Gasteiger partial charge is 0.336 e. The van der Waals surface area contributed by atoms with Crippen LogP contribution in [0.25, 0.3) is 0 Å². The van der Waals surface area contributed by atoms with E-state index in [-0.39, 0.29) is 11.4 Å². The first-order chi connectivity index (χ1) is 4.25. The van der Waals surface area contributed by atoms with E-state index in [1.807, 2.05) is 0 Å². The highest BCUT2D eigenvalue weighted by Crippen LogP contribution is 2.25. The molecule has 1 saturated heterocycles. The van der Waals surface area contributed by atoms with Gasteiger partial charge in [-0.3, -0.25) is 4.79 Å². The minimum absolute atomic E-state index is 0.124. The Hall–Kier alpha value is -0.790. The summed E-state index contributed by atoms with van der Waals surface area (Å²) in [5.74, 6) is 0.124. The monoisotopic (exact) mass is 125 g/mol. The van der Waals surface area contributed by atoms with Gasteiger partial charge in [-0.25, -0.2) is 0 Å². The molecule has 1 fully saturated rings. The summed E-state index contributed by atoms with van der Waals surface area (Å²) in [5, 5.41) is 2.74. The molecule has 9 heavy (non-hydrogen) atoms. The molecule has 0 bridgehead atoms. The van der Waals surface area contributed by atoms with Crippen LogP contribution >= 0.6 is 0 Å². The number of nitrogens with one attached hydrogen (secondary N) is 1. The molecule has 0 aliphatic carbocycles. The van der Waals surface area contributed by atoms with Crippen LogP contribution in [0.4, 0.5) is 0 Å². The third-order valence-corrected chi connectivity index (χ3v) is 1.67. The van der Waals surface area contributed by atoms with Crippen molar-refractivity contribution in [3.63, 3.8) is 0 Å². The zero-order valence-electron chi connectivity index (χ0n) is 5.61. The van der Waals surface area contributed by atoms with Gasteiger partial charge in [-0.2, -0.15) is 0 Å². The number of hydrogen-bond acceptors (Lipinski definition) is 1. The van der Waals surface area contributed by atoms with E-state index in [2.05, 4.69) is 18.8 Å². The lowest BCUT2D eigenvalue weighted by molar-refractivity contribution is -0.111. The predicted molar refractivity (Wildman–Crippen MR) is 36.0 cm³/mol. The summed E-state index contributed by atoms with van der Waals surface area (Å²) in [7, 11) is 0. The summed E-state index contributed by atoms with van der Waals surface area (Å²) < 4.78 is 0. The van der Waals surface area contributed by atoms with Crippen LogP contribution in [0.1, 0.15) is 19.8 Å². The lowest BCUT2D eigenvalue weighted by atomic mass is 10.0. The molecule has 50 valence electrons. The van der Waals surface area contributed by atoms with E-state index < -0.39 is 0 Å². The molecule has 1 atom stereocenters. The average Bonchev–Trinajstić information content (AvgIpc) is 2.45. The van der Waals surface area contributed by atoms with Crippen molar-refractivity contribution in [2.75, 3.05) is 0 Å². The zero-order valence-corrected chi connectivity index (χ0v) is 5.61. The van der Waals surface area contributed by atoms with Crippen molar-refractivity contribution >= 4 is 5.91 Å². The smallest absolute Gasteiger partial charge is 0.250 e. The van der Waals surface area contributed by atoms with Crippen molar-refractivity contribution < 1.29 is 4.79 Å². The van der Waals surface area contributed by atoms with Gasteiger partial charge in [-0.1, -0.05) is 19.4 Å². The highest BCUT2D eigenvalue weighted by molar-refractivity contribution is 6.04. The molecule has 2 nitrogen and oxygen atoms in total. The summed E-state index contributed by atoms with van der Waals surface area (Å²) in [6, 6.07) is 0. The number of rotatable bonds is 3. The van der Waals surface area contributed by atoms with Gasteiger partial charge in [-0.15, -0.1) is 6.58 Å². The Morgan fingerprint density at radius 1 is 1.89 bits per heavy atom. The second kappa shape index (κ2) is 1.87. The molecule has 0 aromatic carbocycles. The SMILES string of the molecule is C=CC1(CCC)NC1=O. The first kappa shape index (κ1) is 6.33. The van der Waals surface area contributed by atoms with Crippen LogP contribution < -0.4 is 5.32 Å². The lowest BCUT2D eigenvalue weighted by Gasteiger charge is -1.98. The van der Waals surface area contributed by atoms with E-state index in [1.54, 1.807) is 6.08 Å². The Labute approximate surface area is 54.9 Å². The molecule has 1 aliphatic heterocycles. The third-order valence-electron chi connectivity index (χ3n) is 1.67. The Morgan fingerprint density at radius 3 is 2.56 bits per heavy atom. The standard InChI is InChI=1S/C7H11NO/c1-3-5-7(4-2)6(9)8-7/h4H,2-3,5H2,1H3,(H,8,9). The maximum absolute atomic E-state index is 10.6. The average molecular weight is 125 g/mol. The lowest BCUT2D eigenvalue weighted by Crippen LogP contribution is -2.10. The Kier molecular flexibility index (Phi) is 1.31. The molecular formula is C7H11NO. The van der Waals surface area contributed by atoms with Gasteiger partial charge >= 0.3 is 0 Å². The minimum atomic E-state index is -0.325. The number of carbonyl (C=O) groups excluding carboxylic acids is 1. The van der Waals surface area contributed by atoms with Crippen molar-refractivity contribution in [2.24, 2.45) is 0 Å². The molecule has 0 radical (unpaired) electrons. The molecule has 0 aromatic heterocycles. The van der Waals surface area contributed by atoms with Crippen LogP contribution in [0.2, 0.25) is 0 Å². The molecule has 1 rings (SSSR count). The van der Waals surface area contributed by atoms with Gasteiger partial charge in [0.15, 0.2) is 0 Å². The Bertz CT molecular complexity index is 153. The predicted octanol–water partition coefficient (Wildman–Crippen LogP) is 0.841. The molecule has 1 amide bonds. The van der Waals surface area contributed by atoms with E-state index in [0.29, 0.717) is 0 Å². The molecule has 1 aliphatic rings. The van der Waals surface area contributed by atoms with Crippen LogP contribution in [-0.2, 0) is 4.79 Å². The van der Waals surface area contributed by atoms with E-state index in [4.69, 9.17) is 0 Å². The van der Waals surface area contributed by atoms with Gasteiger partial charge in [0.25, 0.3) is 5.91 Å². The topological polar surface area (TPSA) is 39.0 Å². The fourth-order valence-electron chi connectivity index (χ4n) is 0.988. The maximum Gasteiger partial charge on any atom is 0.250 e. The number of carbonyl (C=O) groups is 1. The third kappa shape index (κ3) is 0.846. The van der Waals surface area contributed by atoms with E-state index in [0.717, 1.165) is 12.8 Å². The summed E-state index contributed by atoms with van der Waals surface area (Å²) in [4.78, 5) is 10.6. The molecule has 0 spiro atoms. The van der Waals surface area contributed by atoms with Crippen LogP contribution in [0.5, 0.6) is 0 Å². The first-order valence-corrected chi connectivity index (χ1v) is 3.21. The van der Waals surface area contributed by atoms with Crippen molar-refractivity contribution in [3.05, 3.63) is 12.7 Å². The summed E-state index contributed by atoms with van der Waals surface area (Å²) >= 11 is 0. The van der Waals surface area contributed by atoms with E-state index in [9.17, 15) is 4.79 Å². The van der Waals surface area contributed by atoms with Crippen molar-refractivity contribution in [1.29, 1.82) is 0 Å². The number of amides is 1. The molecule has 0 aromatic rings. The van der Waals surface area contributed by atoms with Crippen molar-refractivity contribution in [2.45, 2.75) is 25.3 Å². The van der Waals surface area contributed by atoms with Crippen LogP contribution in [0, 0.1) is 0 Å². The fourth-order valence-corrected chi connectivity index (χ4v) is 0.988. The second-order valence-electron chi connectivity index (χ2n) is 2.38. The Balaban J connectivity index is 2.51. The quantitative estimate of drug-likeness (QED) is 0.440.